The highest BCUT2D eigenvalue weighted by Gasteiger charge is 1.88. The first-order chi connectivity index (χ1) is 4.31. The Morgan fingerprint density at radius 1 is 1.56 bits per heavy atom. The summed E-state index contributed by atoms with van der Waals surface area (Å²) in [5.41, 5.74) is 1.20. The van der Waals surface area contributed by atoms with E-state index in [-0.39, 0.29) is 0 Å². The number of hydrogen-bond donors (Lipinski definition) is 0. The molecule has 0 aliphatic heterocycles. The van der Waals surface area contributed by atoms with Crippen molar-refractivity contribution < 1.29 is 0 Å². The van der Waals surface area contributed by atoms with Crippen molar-refractivity contribution in [3.63, 3.8) is 0 Å². The Hall–Kier alpha value is -0.590. The Labute approximate surface area is 57.5 Å². The molecular weight excluding hydrogens is 110 g/mol. The zero-order valence-electron chi connectivity index (χ0n) is 6.19. The SMILES string of the molecule is C=NCC(=C)CCCC. The normalized spacial score (nSPS) is 9.00. The standard InChI is InChI=1S/C8H15N/c1-4-5-6-8(2)7-9-3/h2-7H2,1H3. The summed E-state index contributed by atoms with van der Waals surface area (Å²) in [4.78, 5) is 3.74. The van der Waals surface area contributed by atoms with Crippen molar-refractivity contribution in [3.05, 3.63) is 12.2 Å². The molecule has 0 amide bonds. The third-order valence-electron chi connectivity index (χ3n) is 1.22. The van der Waals surface area contributed by atoms with E-state index in [0.29, 0.717) is 0 Å². The number of rotatable bonds is 5. The lowest BCUT2D eigenvalue weighted by atomic mass is 10.1. The van der Waals surface area contributed by atoms with Crippen LogP contribution in [0.2, 0.25) is 0 Å². The molecule has 0 N–H and O–H groups in total. The second-order valence-electron chi connectivity index (χ2n) is 2.24. The molecule has 1 nitrogen and oxygen atoms in total. The minimum Gasteiger partial charge on any atom is -0.297 e. The second kappa shape index (κ2) is 5.54. The fourth-order valence-corrected chi connectivity index (χ4v) is 0.664. The maximum absolute atomic E-state index is 3.85. The van der Waals surface area contributed by atoms with Crippen LogP contribution in [-0.2, 0) is 0 Å². The van der Waals surface area contributed by atoms with Gasteiger partial charge in [-0.2, -0.15) is 0 Å². The Kier molecular flexibility index (Phi) is 5.18. The van der Waals surface area contributed by atoms with E-state index in [4.69, 9.17) is 0 Å². The molecule has 0 aromatic carbocycles. The molecule has 0 atom stereocenters. The van der Waals surface area contributed by atoms with E-state index in [1.165, 1.54) is 18.4 Å². The second-order valence-corrected chi connectivity index (χ2v) is 2.24. The van der Waals surface area contributed by atoms with E-state index in [1.54, 1.807) is 0 Å². The van der Waals surface area contributed by atoms with Crippen molar-refractivity contribution >= 4 is 6.72 Å². The third-order valence-corrected chi connectivity index (χ3v) is 1.22. The van der Waals surface area contributed by atoms with Gasteiger partial charge in [0.25, 0.3) is 0 Å². The third kappa shape index (κ3) is 5.28. The van der Waals surface area contributed by atoms with Crippen LogP contribution in [0.3, 0.4) is 0 Å². The molecule has 0 bridgehead atoms. The highest BCUT2D eigenvalue weighted by molar-refractivity contribution is 5.24. The van der Waals surface area contributed by atoms with Gasteiger partial charge in [0.05, 0.1) is 6.54 Å². The molecule has 1 heteroatoms. The number of hydrogen-bond acceptors (Lipinski definition) is 1. The van der Waals surface area contributed by atoms with Crippen molar-refractivity contribution in [1.29, 1.82) is 0 Å². The molecule has 9 heavy (non-hydrogen) atoms. The van der Waals surface area contributed by atoms with Gasteiger partial charge in [0, 0.05) is 0 Å². The Morgan fingerprint density at radius 2 is 2.22 bits per heavy atom. The topological polar surface area (TPSA) is 12.4 Å². The average molecular weight is 125 g/mol. The highest BCUT2D eigenvalue weighted by Crippen LogP contribution is 2.03. The quantitative estimate of drug-likeness (QED) is 0.395. The molecule has 0 heterocycles. The number of nitrogens with zero attached hydrogens (tertiary/aromatic N) is 1. The van der Waals surface area contributed by atoms with Gasteiger partial charge in [-0.25, -0.2) is 0 Å². The van der Waals surface area contributed by atoms with Gasteiger partial charge in [0.15, 0.2) is 0 Å². The molecule has 0 rings (SSSR count). The molecule has 0 unspecified atom stereocenters. The molecule has 0 spiro atoms. The maximum Gasteiger partial charge on any atom is 0.0589 e. The van der Waals surface area contributed by atoms with Gasteiger partial charge in [-0.3, -0.25) is 4.99 Å². The smallest absolute Gasteiger partial charge is 0.0589 e. The van der Waals surface area contributed by atoms with Crippen molar-refractivity contribution in [2.24, 2.45) is 4.99 Å². The summed E-state index contributed by atoms with van der Waals surface area (Å²) in [6.07, 6.45) is 3.57. The number of aliphatic imine (C=N–C) groups is 1. The first kappa shape index (κ1) is 8.41. The van der Waals surface area contributed by atoms with E-state index in [9.17, 15) is 0 Å². The first-order valence-corrected chi connectivity index (χ1v) is 3.40. The van der Waals surface area contributed by atoms with Crippen LogP contribution in [0.5, 0.6) is 0 Å². The van der Waals surface area contributed by atoms with E-state index in [0.717, 1.165) is 13.0 Å². The molecule has 0 radical (unpaired) electrons. The molecule has 0 fully saturated rings. The summed E-state index contributed by atoms with van der Waals surface area (Å²) in [7, 11) is 0. The minimum absolute atomic E-state index is 0.736. The van der Waals surface area contributed by atoms with E-state index < -0.39 is 0 Å². The monoisotopic (exact) mass is 125 g/mol. The lowest BCUT2D eigenvalue weighted by Gasteiger charge is -1.97. The fraction of sp³-hybridized carbons (Fsp3) is 0.625. The molecule has 52 valence electrons. The average Bonchev–Trinajstić information content (AvgIpc) is 1.85. The Balaban J connectivity index is 3.16. The van der Waals surface area contributed by atoms with Crippen LogP contribution in [0, 0.1) is 0 Å². The molecule has 0 saturated carbocycles. The van der Waals surface area contributed by atoms with Gasteiger partial charge in [0.1, 0.15) is 0 Å². The van der Waals surface area contributed by atoms with E-state index >= 15 is 0 Å². The minimum atomic E-state index is 0.736. The van der Waals surface area contributed by atoms with Crippen LogP contribution in [-0.4, -0.2) is 13.3 Å². The van der Waals surface area contributed by atoms with Gasteiger partial charge >= 0.3 is 0 Å². The summed E-state index contributed by atoms with van der Waals surface area (Å²) in [6, 6.07) is 0. The van der Waals surface area contributed by atoms with Crippen molar-refractivity contribution in [1.82, 2.24) is 0 Å². The zero-order chi connectivity index (χ0) is 7.11. The lowest BCUT2D eigenvalue weighted by Crippen LogP contribution is -1.85. The summed E-state index contributed by atoms with van der Waals surface area (Å²) in [5, 5.41) is 0. The van der Waals surface area contributed by atoms with Gasteiger partial charge in [0.2, 0.25) is 0 Å². The van der Waals surface area contributed by atoms with Gasteiger partial charge in [-0.05, 0) is 19.6 Å². The van der Waals surface area contributed by atoms with Crippen LogP contribution >= 0.6 is 0 Å². The molecule has 0 saturated heterocycles. The van der Waals surface area contributed by atoms with Crippen LogP contribution in [0.15, 0.2) is 17.1 Å². The predicted molar refractivity (Wildman–Crippen MR) is 43.1 cm³/mol. The van der Waals surface area contributed by atoms with Crippen molar-refractivity contribution in [3.8, 4) is 0 Å². The van der Waals surface area contributed by atoms with Crippen molar-refractivity contribution in [2.75, 3.05) is 6.54 Å². The van der Waals surface area contributed by atoms with E-state index in [1.807, 2.05) is 0 Å². The van der Waals surface area contributed by atoms with Gasteiger partial charge < -0.3 is 0 Å². The highest BCUT2D eigenvalue weighted by atomic mass is 14.7. The van der Waals surface area contributed by atoms with Crippen molar-refractivity contribution in [2.45, 2.75) is 26.2 Å². The van der Waals surface area contributed by atoms with Crippen LogP contribution < -0.4 is 0 Å². The molecular formula is C8H15N. The lowest BCUT2D eigenvalue weighted by molar-refractivity contribution is 0.778. The van der Waals surface area contributed by atoms with Gasteiger partial charge in [-0.1, -0.05) is 25.5 Å². The van der Waals surface area contributed by atoms with Gasteiger partial charge in [-0.15, -0.1) is 0 Å². The molecule has 0 aliphatic rings. The Bertz CT molecular complexity index is 94.7. The summed E-state index contributed by atoms with van der Waals surface area (Å²) >= 11 is 0. The number of unbranched alkanes of at least 4 members (excludes halogenated alkanes) is 1. The fourth-order valence-electron chi connectivity index (χ4n) is 0.664. The Morgan fingerprint density at radius 3 is 2.67 bits per heavy atom. The summed E-state index contributed by atoms with van der Waals surface area (Å²) in [5.74, 6) is 0. The predicted octanol–water partition coefficient (Wildman–Crippen LogP) is 2.43. The first-order valence-electron chi connectivity index (χ1n) is 3.40. The summed E-state index contributed by atoms with van der Waals surface area (Å²) < 4.78 is 0. The van der Waals surface area contributed by atoms with Crippen LogP contribution in [0.1, 0.15) is 26.2 Å². The van der Waals surface area contributed by atoms with E-state index in [2.05, 4.69) is 25.2 Å². The largest absolute Gasteiger partial charge is 0.297 e. The van der Waals surface area contributed by atoms with Crippen LogP contribution in [0.4, 0.5) is 0 Å². The molecule has 0 aromatic heterocycles. The zero-order valence-corrected chi connectivity index (χ0v) is 6.19. The molecule has 0 aromatic rings. The van der Waals surface area contributed by atoms with Crippen LogP contribution in [0.25, 0.3) is 0 Å². The maximum atomic E-state index is 3.85. The summed E-state index contributed by atoms with van der Waals surface area (Å²) in [6.45, 7) is 10.2. The molecule has 0 aliphatic carbocycles.